The summed E-state index contributed by atoms with van der Waals surface area (Å²) in [6, 6.07) is 15.7. The Kier molecular flexibility index (Phi) is 8.16. The van der Waals surface area contributed by atoms with Gasteiger partial charge >= 0.3 is 11.9 Å². The fraction of sp³-hybridized carbons (Fsp3) is 0.375. The van der Waals surface area contributed by atoms with E-state index in [0.717, 1.165) is 11.1 Å². The van der Waals surface area contributed by atoms with E-state index < -0.39 is 23.6 Å². The number of hydrogen-bond acceptors (Lipinski definition) is 5. The molecule has 6 heteroatoms. The Morgan fingerprint density at radius 3 is 2.13 bits per heavy atom. The molecular formula is C24H29NO5. The summed E-state index contributed by atoms with van der Waals surface area (Å²) in [5, 5.41) is 2.75. The molecule has 0 aromatic heterocycles. The van der Waals surface area contributed by atoms with E-state index in [2.05, 4.69) is 5.32 Å². The van der Waals surface area contributed by atoms with E-state index in [4.69, 9.17) is 9.47 Å². The van der Waals surface area contributed by atoms with Crippen LogP contribution in [0, 0.1) is 0 Å². The van der Waals surface area contributed by atoms with E-state index in [-0.39, 0.29) is 18.7 Å². The maximum atomic E-state index is 12.3. The number of aryl methyl sites for hydroxylation is 1. The monoisotopic (exact) mass is 411 g/mol. The summed E-state index contributed by atoms with van der Waals surface area (Å²) in [6.45, 7) is 5.42. The highest BCUT2D eigenvalue weighted by Crippen LogP contribution is 2.14. The van der Waals surface area contributed by atoms with E-state index in [1.807, 2.05) is 30.3 Å². The van der Waals surface area contributed by atoms with Gasteiger partial charge in [0.1, 0.15) is 11.6 Å². The second-order valence-corrected chi connectivity index (χ2v) is 8.03. The lowest BCUT2D eigenvalue weighted by atomic mass is 10.0. The third kappa shape index (κ3) is 7.70. The van der Waals surface area contributed by atoms with Gasteiger partial charge in [-0.15, -0.1) is 0 Å². The largest absolute Gasteiger partial charge is 0.467 e. The van der Waals surface area contributed by atoms with Gasteiger partial charge in [0.15, 0.2) is 0 Å². The van der Waals surface area contributed by atoms with Crippen LogP contribution in [0.5, 0.6) is 0 Å². The molecule has 0 heterocycles. The van der Waals surface area contributed by atoms with Crippen LogP contribution in [0.3, 0.4) is 0 Å². The van der Waals surface area contributed by atoms with Crippen molar-refractivity contribution in [3.05, 3.63) is 71.3 Å². The van der Waals surface area contributed by atoms with Gasteiger partial charge in [-0.3, -0.25) is 4.79 Å². The summed E-state index contributed by atoms with van der Waals surface area (Å²) in [4.78, 5) is 36.6. The van der Waals surface area contributed by atoms with Crippen LogP contribution in [0.25, 0.3) is 0 Å². The Balaban J connectivity index is 1.97. The van der Waals surface area contributed by atoms with Crippen molar-refractivity contribution in [2.45, 2.75) is 51.7 Å². The predicted molar refractivity (Wildman–Crippen MR) is 114 cm³/mol. The Labute approximate surface area is 177 Å². The molecular weight excluding hydrogens is 382 g/mol. The standard InChI is InChI=1S/C24H29NO5/c1-24(2,3)30-22(27)19-13-10-18(11-14-19)16-20(23(28)29-4)25-21(26)15-12-17-8-6-5-7-9-17/h5-11,13-14,20H,12,15-16H2,1-4H3,(H,25,26)/t20-/m0/s1. The van der Waals surface area contributed by atoms with Crippen molar-refractivity contribution in [3.8, 4) is 0 Å². The molecule has 160 valence electrons. The number of nitrogens with one attached hydrogen (secondary N) is 1. The quantitative estimate of drug-likeness (QED) is 0.673. The van der Waals surface area contributed by atoms with Crippen molar-refractivity contribution in [2.24, 2.45) is 0 Å². The molecule has 0 bridgehead atoms. The molecule has 0 fully saturated rings. The molecule has 1 N–H and O–H groups in total. The molecule has 0 saturated heterocycles. The predicted octanol–water partition coefficient (Wildman–Crippen LogP) is 3.48. The lowest BCUT2D eigenvalue weighted by Crippen LogP contribution is -2.43. The highest BCUT2D eigenvalue weighted by atomic mass is 16.6. The number of hydrogen-bond donors (Lipinski definition) is 1. The minimum absolute atomic E-state index is 0.223. The number of rotatable bonds is 8. The highest BCUT2D eigenvalue weighted by molar-refractivity contribution is 5.89. The molecule has 0 aliphatic carbocycles. The third-order valence-corrected chi connectivity index (χ3v) is 4.33. The van der Waals surface area contributed by atoms with Crippen LogP contribution < -0.4 is 5.32 Å². The minimum Gasteiger partial charge on any atom is -0.467 e. The zero-order valence-corrected chi connectivity index (χ0v) is 17.9. The van der Waals surface area contributed by atoms with E-state index >= 15 is 0 Å². The van der Waals surface area contributed by atoms with Gasteiger partial charge < -0.3 is 14.8 Å². The van der Waals surface area contributed by atoms with Crippen LogP contribution in [0.15, 0.2) is 54.6 Å². The smallest absolute Gasteiger partial charge is 0.338 e. The van der Waals surface area contributed by atoms with E-state index in [1.165, 1.54) is 7.11 Å². The fourth-order valence-electron chi connectivity index (χ4n) is 2.85. The second-order valence-electron chi connectivity index (χ2n) is 8.03. The van der Waals surface area contributed by atoms with Gasteiger partial charge in [-0.05, 0) is 50.5 Å². The summed E-state index contributed by atoms with van der Waals surface area (Å²) in [5.74, 6) is -1.15. The number of benzene rings is 2. The molecule has 0 aliphatic rings. The van der Waals surface area contributed by atoms with Crippen LogP contribution in [0.4, 0.5) is 0 Å². The molecule has 0 aliphatic heterocycles. The average molecular weight is 411 g/mol. The van der Waals surface area contributed by atoms with Crippen molar-refractivity contribution < 1.29 is 23.9 Å². The summed E-state index contributed by atoms with van der Waals surface area (Å²) in [5.41, 5.74) is 1.70. The van der Waals surface area contributed by atoms with Gasteiger partial charge in [-0.25, -0.2) is 9.59 Å². The maximum Gasteiger partial charge on any atom is 0.338 e. The normalized spacial score (nSPS) is 12.0. The first kappa shape index (κ1) is 23.1. The summed E-state index contributed by atoms with van der Waals surface area (Å²) >= 11 is 0. The number of methoxy groups -OCH3 is 1. The molecule has 6 nitrogen and oxygen atoms in total. The van der Waals surface area contributed by atoms with Crippen molar-refractivity contribution >= 4 is 17.8 Å². The molecule has 0 saturated carbocycles. The number of carbonyl (C=O) groups excluding carboxylic acids is 3. The van der Waals surface area contributed by atoms with Gasteiger partial charge in [-0.1, -0.05) is 42.5 Å². The van der Waals surface area contributed by atoms with Gasteiger partial charge in [0.25, 0.3) is 0 Å². The third-order valence-electron chi connectivity index (χ3n) is 4.33. The second kappa shape index (κ2) is 10.6. The van der Waals surface area contributed by atoms with Crippen LogP contribution in [0.1, 0.15) is 48.7 Å². The van der Waals surface area contributed by atoms with E-state index in [9.17, 15) is 14.4 Å². The molecule has 2 rings (SSSR count). The van der Waals surface area contributed by atoms with E-state index in [0.29, 0.717) is 12.0 Å². The number of carbonyl (C=O) groups is 3. The molecule has 1 amide bonds. The van der Waals surface area contributed by atoms with Crippen molar-refractivity contribution in [1.29, 1.82) is 0 Å². The van der Waals surface area contributed by atoms with Crippen LogP contribution in [-0.4, -0.2) is 36.6 Å². The van der Waals surface area contributed by atoms with E-state index in [1.54, 1.807) is 45.0 Å². The van der Waals surface area contributed by atoms with Gasteiger partial charge in [0.05, 0.1) is 12.7 Å². The Morgan fingerprint density at radius 1 is 0.933 bits per heavy atom. The van der Waals surface area contributed by atoms with Crippen molar-refractivity contribution in [3.63, 3.8) is 0 Å². The molecule has 0 radical (unpaired) electrons. The molecule has 1 atom stereocenters. The number of esters is 2. The highest BCUT2D eigenvalue weighted by Gasteiger charge is 2.22. The van der Waals surface area contributed by atoms with Crippen molar-refractivity contribution in [2.75, 3.05) is 7.11 Å². The lowest BCUT2D eigenvalue weighted by Gasteiger charge is -2.20. The minimum atomic E-state index is -0.800. The molecule has 30 heavy (non-hydrogen) atoms. The summed E-state index contributed by atoms with van der Waals surface area (Å²) in [6.07, 6.45) is 1.12. The van der Waals surface area contributed by atoms with Gasteiger partial charge in [0.2, 0.25) is 5.91 Å². The van der Waals surface area contributed by atoms with Crippen LogP contribution in [-0.2, 0) is 31.9 Å². The maximum absolute atomic E-state index is 12.3. The Hall–Kier alpha value is -3.15. The summed E-state index contributed by atoms with van der Waals surface area (Å²) in [7, 11) is 1.29. The first-order chi connectivity index (χ1) is 14.2. The average Bonchev–Trinajstić information content (AvgIpc) is 2.71. The van der Waals surface area contributed by atoms with Crippen LogP contribution in [0.2, 0.25) is 0 Å². The molecule has 0 unspecified atom stereocenters. The van der Waals surface area contributed by atoms with Gasteiger partial charge in [-0.2, -0.15) is 0 Å². The number of amides is 1. The van der Waals surface area contributed by atoms with Crippen LogP contribution >= 0.6 is 0 Å². The SMILES string of the molecule is COC(=O)[C@H](Cc1ccc(C(=O)OC(C)(C)C)cc1)NC(=O)CCc1ccccc1. The zero-order valence-electron chi connectivity index (χ0n) is 17.9. The van der Waals surface area contributed by atoms with Gasteiger partial charge in [0, 0.05) is 12.8 Å². The lowest BCUT2D eigenvalue weighted by molar-refractivity contribution is -0.145. The topological polar surface area (TPSA) is 81.7 Å². The van der Waals surface area contributed by atoms with Crippen molar-refractivity contribution in [1.82, 2.24) is 5.32 Å². The Bertz CT molecular complexity index is 853. The Morgan fingerprint density at radius 2 is 1.57 bits per heavy atom. The first-order valence-electron chi connectivity index (χ1n) is 9.91. The molecule has 0 spiro atoms. The summed E-state index contributed by atoms with van der Waals surface area (Å²) < 4.78 is 10.2. The first-order valence-corrected chi connectivity index (χ1v) is 9.91. The zero-order chi connectivity index (χ0) is 22.1. The molecule has 2 aromatic carbocycles. The number of ether oxygens (including phenoxy) is 2. The molecule has 2 aromatic rings. The fourth-order valence-corrected chi connectivity index (χ4v) is 2.85.